The zero-order valence-electron chi connectivity index (χ0n) is 19.0. The topological polar surface area (TPSA) is 104 Å². The summed E-state index contributed by atoms with van der Waals surface area (Å²) in [6.07, 6.45) is 0.922. The molecule has 34 heavy (non-hydrogen) atoms. The van der Waals surface area contributed by atoms with Crippen molar-refractivity contribution in [3.8, 4) is 0 Å². The molecule has 3 N–H and O–H groups in total. The summed E-state index contributed by atoms with van der Waals surface area (Å²) in [7, 11) is 0. The number of carbonyl (C=O) groups excluding carboxylic acids is 2. The Labute approximate surface area is 195 Å². The van der Waals surface area contributed by atoms with Crippen LogP contribution in [-0.4, -0.2) is 64.9 Å². The van der Waals surface area contributed by atoms with Gasteiger partial charge in [0.25, 0.3) is 0 Å². The molecular weight excluding hydrogens is 449 g/mol. The zero-order chi connectivity index (χ0) is 24.5. The van der Waals surface area contributed by atoms with Crippen molar-refractivity contribution in [2.75, 3.05) is 31.1 Å². The minimum absolute atomic E-state index is 0.0122. The fourth-order valence-electron chi connectivity index (χ4n) is 4.98. The molecule has 1 aliphatic carbocycles. The summed E-state index contributed by atoms with van der Waals surface area (Å²) in [5.41, 5.74) is 5.07. The van der Waals surface area contributed by atoms with Crippen molar-refractivity contribution in [1.29, 1.82) is 0 Å². The van der Waals surface area contributed by atoms with E-state index in [0.29, 0.717) is 42.9 Å². The smallest absolute Gasteiger partial charge is 0.368 e. The Morgan fingerprint density at radius 2 is 1.88 bits per heavy atom. The molecule has 0 spiro atoms. The normalized spacial score (nSPS) is 21.8. The number of amides is 2. The van der Waals surface area contributed by atoms with Gasteiger partial charge < -0.3 is 16.0 Å². The number of nitrogens with two attached hydrogens (primary N) is 1. The van der Waals surface area contributed by atoms with Crippen molar-refractivity contribution >= 4 is 28.5 Å². The molecular formula is C23H29F3N6O2. The molecule has 2 fully saturated rings. The number of anilines is 1. The first-order valence-electron chi connectivity index (χ1n) is 11.5. The number of nitrogens with one attached hydrogen (secondary N) is 1. The molecule has 1 aromatic heterocycles. The molecule has 11 heteroatoms. The van der Waals surface area contributed by atoms with E-state index in [1.165, 1.54) is 19.3 Å². The van der Waals surface area contributed by atoms with Crippen LogP contribution < -0.4 is 16.0 Å². The van der Waals surface area contributed by atoms with E-state index in [2.05, 4.69) is 20.2 Å². The molecule has 8 nitrogen and oxygen atoms in total. The fraction of sp³-hybridized carbons (Fsp3) is 0.565. The number of hydrogen-bond acceptors (Lipinski definition) is 6. The second-order valence-electron chi connectivity index (χ2n) is 9.24. The molecule has 0 radical (unpaired) electrons. The van der Waals surface area contributed by atoms with Crippen molar-refractivity contribution in [1.82, 2.24) is 20.2 Å². The average molecular weight is 479 g/mol. The van der Waals surface area contributed by atoms with Gasteiger partial charge in [-0.05, 0) is 49.8 Å². The van der Waals surface area contributed by atoms with Gasteiger partial charge in [-0.15, -0.1) is 0 Å². The lowest BCUT2D eigenvalue weighted by molar-refractivity contribution is -0.137. The van der Waals surface area contributed by atoms with Gasteiger partial charge in [0.1, 0.15) is 12.1 Å². The van der Waals surface area contributed by atoms with Crippen LogP contribution in [0.25, 0.3) is 10.9 Å². The molecule has 0 unspecified atom stereocenters. The van der Waals surface area contributed by atoms with Crippen molar-refractivity contribution in [3.05, 3.63) is 30.1 Å². The maximum absolute atomic E-state index is 13.3. The van der Waals surface area contributed by atoms with Gasteiger partial charge in [-0.2, -0.15) is 13.2 Å². The van der Waals surface area contributed by atoms with Crippen LogP contribution in [0.3, 0.4) is 0 Å². The van der Waals surface area contributed by atoms with Crippen LogP contribution in [0, 0.1) is 5.92 Å². The molecule has 184 valence electrons. The molecule has 0 bridgehead atoms. The Bertz CT molecular complexity index is 1050. The molecule has 4 rings (SSSR count). The van der Waals surface area contributed by atoms with Crippen molar-refractivity contribution in [3.63, 3.8) is 0 Å². The summed E-state index contributed by atoms with van der Waals surface area (Å²) in [4.78, 5) is 35.4. The molecule has 1 saturated carbocycles. The van der Waals surface area contributed by atoms with Gasteiger partial charge in [0.2, 0.25) is 11.8 Å². The van der Waals surface area contributed by atoms with Crippen LogP contribution in [0.1, 0.15) is 38.2 Å². The number of benzene rings is 1. The third kappa shape index (κ3) is 5.40. The van der Waals surface area contributed by atoms with Gasteiger partial charge in [-0.25, -0.2) is 9.97 Å². The second kappa shape index (κ2) is 9.73. The van der Waals surface area contributed by atoms with E-state index in [-0.39, 0.29) is 23.9 Å². The number of aromatic nitrogens is 2. The lowest BCUT2D eigenvalue weighted by Gasteiger charge is -2.50. The van der Waals surface area contributed by atoms with E-state index < -0.39 is 17.6 Å². The molecule has 2 aliphatic rings. The predicted molar refractivity (Wildman–Crippen MR) is 121 cm³/mol. The first-order chi connectivity index (χ1) is 16.1. The average Bonchev–Trinajstić information content (AvgIpc) is 2.75. The van der Waals surface area contributed by atoms with E-state index in [1.54, 1.807) is 4.90 Å². The summed E-state index contributed by atoms with van der Waals surface area (Å²) in [5.74, 6) is 0.190. The zero-order valence-corrected chi connectivity index (χ0v) is 19.0. The molecule has 2 aromatic rings. The Hall–Kier alpha value is -2.95. The highest BCUT2D eigenvalue weighted by atomic mass is 19.4. The first-order valence-corrected chi connectivity index (χ1v) is 11.5. The Balaban J connectivity index is 1.47. The molecule has 1 aromatic carbocycles. The minimum atomic E-state index is -4.50. The molecule has 2 amide bonds. The summed E-state index contributed by atoms with van der Waals surface area (Å²) >= 11 is 0. The van der Waals surface area contributed by atoms with E-state index in [4.69, 9.17) is 5.73 Å². The van der Waals surface area contributed by atoms with Gasteiger partial charge in [-0.1, -0.05) is 0 Å². The summed E-state index contributed by atoms with van der Waals surface area (Å²) in [6.45, 7) is 3.45. The Morgan fingerprint density at radius 3 is 2.50 bits per heavy atom. The highest BCUT2D eigenvalue weighted by Crippen LogP contribution is 2.36. The number of nitrogens with zero attached hydrogens (tertiary/aromatic N) is 4. The molecule has 1 aliphatic heterocycles. The van der Waals surface area contributed by atoms with E-state index in [0.717, 1.165) is 37.8 Å². The standard InChI is InChI=1S/C23H29F3N6O2/c1-14(33)28-9-15-2-5-17(6-3-15)31-10-18(11-31)32(12-21(27)34)22-19-8-16(23(24,25)26)4-7-20(19)29-13-30-22/h4,7-8,13,15,17-18H,2-3,5-6,9-12H2,1H3,(H2,27,34)(H,28,33). The van der Waals surface area contributed by atoms with Crippen LogP contribution >= 0.6 is 0 Å². The summed E-state index contributed by atoms with van der Waals surface area (Å²) in [5, 5.41) is 3.13. The van der Waals surface area contributed by atoms with Crippen LogP contribution in [0.4, 0.5) is 19.0 Å². The SMILES string of the molecule is CC(=O)NCC1CCC(N2CC(N(CC(N)=O)c3ncnc4ccc(C(F)(F)F)cc34)C2)CC1. The third-order valence-corrected chi connectivity index (χ3v) is 6.84. The monoisotopic (exact) mass is 478 g/mol. The van der Waals surface area contributed by atoms with E-state index >= 15 is 0 Å². The number of primary amides is 1. The largest absolute Gasteiger partial charge is 0.416 e. The van der Waals surface area contributed by atoms with Crippen LogP contribution in [0.2, 0.25) is 0 Å². The highest BCUT2D eigenvalue weighted by Gasteiger charge is 2.39. The fourth-order valence-corrected chi connectivity index (χ4v) is 4.98. The number of rotatable bonds is 7. The maximum atomic E-state index is 13.3. The second-order valence-corrected chi connectivity index (χ2v) is 9.24. The lowest BCUT2D eigenvalue weighted by atomic mass is 9.83. The van der Waals surface area contributed by atoms with Crippen LogP contribution in [0.5, 0.6) is 0 Å². The van der Waals surface area contributed by atoms with Gasteiger partial charge in [0, 0.05) is 38.0 Å². The number of halogens is 3. The van der Waals surface area contributed by atoms with Gasteiger partial charge in [0.15, 0.2) is 0 Å². The van der Waals surface area contributed by atoms with Gasteiger partial charge >= 0.3 is 6.18 Å². The quantitative estimate of drug-likeness (QED) is 0.633. The van der Waals surface area contributed by atoms with Crippen molar-refractivity contribution < 1.29 is 22.8 Å². The van der Waals surface area contributed by atoms with E-state index in [9.17, 15) is 22.8 Å². The van der Waals surface area contributed by atoms with Gasteiger partial charge in [-0.3, -0.25) is 14.5 Å². The number of hydrogen-bond donors (Lipinski definition) is 2. The summed E-state index contributed by atoms with van der Waals surface area (Å²) in [6, 6.07) is 3.67. The van der Waals surface area contributed by atoms with Crippen LogP contribution in [0.15, 0.2) is 24.5 Å². The van der Waals surface area contributed by atoms with Gasteiger partial charge in [0.05, 0.1) is 23.7 Å². The first kappa shape index (κ1) is 24.2. The maximum Gasteiger partial charge on any atom is 0.416 e. The molecule has 1 saturated heterocycles. The third-order valence-electron chi connectivity index (χ3n) is 6.84. The number of fused-ring (bicyclic) bond motifs is 1. The van der Waals surface area contributed by atoms with Crippen LogP contribution in [-0.2, 0) is 15.8 Å². The number of carbonyl (C=O) groups is 2. The highest BCUT2D eigenvalue weighted by molar-refractivity contribution is 5.92. The predicted octanol–water partition coefficient (Wildman–Crippen LogP) is 2.32. The van der Waals surface area contributed by atoms with Crippen molar-refractivity contribution in [2.24, 2.45) is 11.7 Å². The number of alkyl halides is 3. The Morgan fingerprint density at radius 1 is 1.18 bits per heavy atom. The minimum Gasteiger partial charge on any atom is -0.368 e. The van der Waals surface area contributed by atoms with Crippen molar-refractivity contribution in [2.45, 2.75) is 50.9 Å². The lowest BCUT2D eigenvalue weighted by Crippen LogP contribution is -2.64. The summed E-state index contributed by atoms with van der Waals surface area (Å²) < 4.78 is 39.9. The van der Waals surface area contributed by atoms with E-state index in [1.807, 2.05) is 0 Å². The Kier molecular flexibility index (Phi) is 6.92. The molecule has 0 atom stereocenters. The number of likely N-dealkylation sites (tertiary alicyclic amines) is 1. The molecule has 2 heterocycles.